The highest BCUT2D eigenvalue weighted by Gasteiger charge is 1.92. The maximum Gasteiger partial charge on any atom is 0.107 e. The number of likely N-dealkylation sites (N-methyl/N-ethyl adjacent to an activating group) is 1. The van der Waals surface area contributed by atoms with Crippen LogP contribution in [-0.2, 0) is 14.2 Å². The van der Waals surface area contributed by atoms with Gasteiger partial charge in [-0.1, -0.05) is 5.92 Å². The molecular weight excluding hydrogens is 194 g/mol. The van der Waals surface area contributed by atoms with E-state index < -0.39 is 0 Å². The minimum absolute atomic E-state index is 0.350. The minimum Gasteiger partial charge on any atom is -0.378 e. The molecule has 0 spiro atoms. The molecule has 0 aromatic heterocycles. The van der Waals surface area contributed by atoms with Gasteiger partial charge in [0.2, 0.25) is 0 Å². The second-order valence-electron chi connectivity index (χ2n) is 3.28. The van der Waals surface area contributed by atoms with Crippen LogP contribution in [0.5, 0.6) is 0 Å². The average Bonchev–Trinajstić information content (AvgIpc) is 2.20. The summed E-state index contributed by atoms with van der Waals surface area (Å²) in [5.41, 5.74) is 0. The molecular formula is C11H21NO3. The SMILES string of the molecule is C#CCOCCOCCOCCN(C)C. The number of hydrogen-bond donors (Lipinski definition) is 0. The molecule has 0 aromatic rings. The highest BCUT2D eigenvalue weighted by atomic mass is 16.5. The minimum atomic E-state index is 0.350. The van der Waals surface area contributed by atoms with Crippen LogP contribution in [-0.4, -0.2) is 65.2 Å². The molecule has 0 N–H and O–H groups in total. The molecule has 0 amide bonds. The Hall–Kier alpha value is -0.600. The van der Waals surface area contributed by atoms with E-state index in [0.717, 1.165) is 13.2 Å². The summed E-state index contributed by atoms with van der Waals surface area (Å²) in [6, 6.07) is 0. The van der Waals surface area contributed by atoms with E-state index >= 15 is 0 Å². The smallest absolute Gasteiger partial charge is 0.107 e. The maximum absolute atomic E-state index is 5.33. The summed E-state index contributed by atoms with van der Waals surface area (Å²) in [5.74, 6) is 2.39. The maximum atomic E-state index is 5.33. The summed E-state index contributed by atoms with van der Waals surface area (Å²) in [7, 11) is 4.03. The first kappa shape index (κ1) is 14.4. The second kappa shape index (κ2) is 11.5. The van der Waals surface area contributed by atoms with Gasteiger partial charge >= 0.3 is 0 Å². The fourth-order valence-corrected chi connectivity index (χ4v) is 0.818. The van der Waals surface area contributed by atoms with Crippen LogP contribution in [0, 0.1) is 12.3 Å². The molecule has 4 nitrogen and oxygen atoms in total. The van der Waals surface area contributed by atoms with Gasteiger partial charge in [-0.15, -0.1) is 6.42 Å². The van der Waals surface area contributed by atoms with Crippen molar-refractivity contribution in [1.29, 1.82) is 0 Å². The number of rotatable bonds is 10. The molecule has 0 aliphatic carbocycles. The van der Waals surface area contributed by atoms with Gasteiger partial charge < -0.3 is 19.1 Å². The van der Waals surface area contributed by atoms with Gasteiger partial charge in [-0.25, -0.2) is 0 Å². The summed E-state index contributed by atoms with van der Waals surface area (Å²) in [6.45, 7) is 4.37. The van der Waals surface area contributed by atoms with Crippen LogP contribution in [0.4, 0.5) is 0 Å². The van der Waals surface area contributed by atoms with Gasteiger partial charge in [-0.2, -0.15) is 0 Å². The van der Waals surface area contributed by atoms with E-state index in [1.54, 1.807) is 0 Å². The van der Waals surface area contributed by atoms with Crippen molar-refractivity contribution < 1.29 is 14.2 Å². The highest BCUT2D eigenvalue weighted by Crippen LogP contribution is 1.82. The lowest BCUT2D eigenvalue weighted by molar-refractivity contribution is 0.0177. The van der Waals surface area contributed by atoms with Crippen LogP contribution in [0.15, 0.2) is 0 Å². The van der Waals surface area contributed by atoms with Gasteiger partial charge in [-0.05, 0) is 14.1 Å². The first-order chi connectivity index (χ1) is 7.27. The molecule has 0 aliphatic rings. The molecule has 0 fully saturated rings. The Morgan fingerprint density at radius 1 is 0.933 bits per heavy atom. The van der Waals surface area contributed by atoms with E-state index in [1.807, 2.05) is 14.1 Å². The number of hydrogen-bond acceptors (Lipinski definition) is 4. The molecule has 0 rings (SSSR count). The van der Waals surface area contributed by atoms with E-state index in [-0.39, 0.29) is 0 Å². The molecule has 15 heavy (non-hydrogen) atoms. The lowest BCUT2D eigenvalue weighted by atomic mass is 10.6. The van der Waals surface area contributed by atoms with E-state index in [4.69, 9.17) is 20.6 Å². The van der Waals surface area contributed by atoms with Crippen LogP contribution in [0.25, 0.3) is 0 Å². The van der Waals surface area contributed by atoms with Crippen molar-refractivity contribution in [2.75, 3.05) is 60.3 Å². The van der Waals surface area contributed by atoms with Crippen molar-refractivity contribution in [3.63, 3.8) is 0 Å². The molecule has 0 saturated carbocycles. The Bertz CT molecular complexity index is 166. The first-order valence-corrected chi connectivity index (χ1v) is 5.08. The van der Waals surface area contributed by atoms with E-state index in [9.17, 15) is 0 Å². The fraction of sp³-hybridized carbons (Fsp3) is 0.818. The van der Waals surface area contributed by atoms with Gasteiger partial charge in [0.15, 0.2) is 0 Å². The highest BCUT2D eigenvalue weighted by molar-refractivity contribution is 4.82. The third-order valence-corrected chi connectivity index (χ3v) is 1.61. The molecule has 0 bridgehead atoms. The molecule has 0 aromatic carbocycles. The zero-order valence-corrected chi connectivity index (χ0v) is 9.70. The Labute approximate surface area is 92.5 Å². The monoisotopic (exact) mass is 215 g/mol. The summed E-state index contributed by atoms with van der Waals surface area (Å²) >= 11 is 0. The van der Waals surface area contributed by atoms with Crippen molar-refractivity contribution in [2.45, 2.75) is 0 Å². The average molecular weight is 215 g/mol. The quantitative estimate of drug-likeness (QED) is 0.385. The standard InChI is InChI=1S/C11H21NO3/c1-4-6-13-8-10-15-11-9-14-7-5-12(2)3/h1H,5-11H2,2-3H3. The molecule has 0 atom stereocenters. The van der Waals surface area contributed by atoms with Crippen molar-refractivity contribution in [3.8, 4) is 12.3 Å². The van der Waals surface area contributed by atoms with E-state index in [2.05, 4.69) is 10.8 Å². The molecule has 88 valence electrons. The Morgan fingerprint density at radius 2 is 1.47 bits per heavy atom. The number of nitrogens with zero attached hydrogens (tertiary/aromatic N) is 1. The van der Waals surface area contributed by atoms with Crippen LogP contribution < -0.4 is 0 Å². The lowest BCUT2D eigenvalue weighted by Gasteiger charge is -2.09. The predicted molar refractivity (Wildman–Crippen MR) is 59.8 cm³/mol. The van der Waals surface area contributed by atoms with Crippen LogP contribution in [0.2, 0.25) is 0 Å². The third kappa shape index (κ3) is 13.4. The summed E-state index contributed by atoms with van der Waals surface area (Å²) in [5, 5.41) is 0. The summed E-state index contributed by atoms with van der Waals surface area (Å²) in [4.78, 5) is 2.08. The Balaban J connectivity index is 2.90. The van der Waals surface area contributed by atoms with E-state index in [1.165, 1.54) is 0 Å². The molecule has 0 unspecified atom stereocenters. The second-order valence-corrected chi connectivity index (χ2v) is 3.28. The Kier molecular flexibility index (Phi) is 11.0. The fourth-order valence-electron chi connectivity index (χ4n) is 0.818. The van der Waals surface area contributed by atoms with Crippen molar-refractivity contribution in [2.24, 2.45) is 0 Å². The summed E-state index contributed by atoms with van der Waals surface area (Å²) < 4.78 is 15.6. The van der Waals surface area contributed by atoms with Gasteiger partial charge in [0.1, 0.15) is 6.61 Å². The van der Waals surface area contributed by atoms with Crippen molar-refractivity contribution >= 4 is 0 Å². The molecule has 0 saturated heterocycles. The molecule has 0 aliphatic heterocycles. The van der Waals surface area contributed by atoms with Gasteiger partial charge in [0.05, 0.1) is 33.0 Å². The lowest BCUT2D eigenvalue weighted by Crippen LogP contribution is -2.19. The van der Waals surface area contributed by atoms with Crippen molar-refractivity contribution in [3.05, 3.63) is 0 Å². The zero-order chi connectivity index (χ0) is 11.4. The largest absolute Gasteiger partial charge is 0.378 e. The zero-order valence-electron chi connectivity index (χ0n) is 9.70. The van der Waals surface area contributed by atoms with Gasteiger partial charge in [0, 0.05) is 6.54 Å². The number of ether oxygens (including phenoxy) is 3. The number of terminal acetylenes is 1. The topological polar surface area (TPSA) is 30.9 Å². The Morgan fingerprint density at radius 3 is 2.00 bits per heavy atom. The van der Waals surface area contributed by atoms with Crippen LogP contribution >= 0.6 is 0 Å². The third-order valence-electron chi connectivity index (χ3n) is 1.61. The summed E-state index contributed by atoms with van der Waals surface area (Å²) in [6.07, 6.45) is 5.01. The van der Waals surface area contributed by atoms with E-state index in [0.29, 0.717) is 33.0 Å². The van der Waals surface area contributed by atoms with Crippen LogP contribution in [0.3, 0.4) is 0 Å². The molecule has 4 heteroatoms. The van der Waals surface area contributed by atoms with Gasteiger partial charge in [0.25, 0.3) is 0 Å². The normalized spacial score (nSPS) is 10.5. The first-order valence-electron chi connectivity index (χ1n) is 5.08. The molecule has 0 heterocycles. The predicted octanol–water partition coefficient (Wildman–Crippen LogP) is 0.231. The van der Waals surface area contributed by atoms with Gasteiger partial charge in [-0.3, -0.25) is 0 Å². The molecule has 0 radical (unpaired) electrons. The van der Waals surface area contributed by atoms with Crippen molar-refractivity contribution in [1.82, 2.24) is 4.90 Å². The van der Waals surface area contributed by atoms with Crippen LogP contribution in [0.1, 0.15) is 0 Å².